The number of aromatic amines is 1. The number of halogens is 5. The van der Waals surface area contributed by atoms with Crippen LogP contribution in [0.4, 0.5) is 22.0 Å². The molecule has 8 heteroatoms. The van der Waals surface area contributed by atoms with Gasteiger partial charge in [0.2, 0.25) is 0 Å². The van der Waals surface area contributed by atoms with Crippen LogP contribution in [0.5, 0.6) is 0 Å². The Labute approximate surface area is 156 Å². The second-order valence-corrected chi connectivity index (χ2v) is 6.52. The van der Waals surface area contributed by atoms with Crippen LogP contribution < -0.4 is 0 Å². The second-order valence-electron chi connectivity index (χ2n) is 6.52. The van der Waals surface area contributed by atoms with Crippen LogP contribution in [-0.2, 0) is 13.2 Å². The third-order valence-corrected chi connectivity index (χ3v) is 4.74. The summed E-state index contributed by atoms with van der Waals surface area (Å²) >= 11 is 0. The van der Waals surface area contributed by atoms with Gasteiger partial charge in [-0.05, 0) is 42.8 Å². The topological polar surface area (TPSA) is 33.6 Å². The van der Waals surface area contributed by atoms with Gasteiger partial charge in [-0.3, -0.25) is 4.68 Å². The maximum absolute atomic E-state index is 14.2. The van der Waals surface area contributed by atoms with Crippen molar-refractivity contribution in [2.24, 2.45) is 7.05 Å². The molecule has 2 aromatic heterocycles. The van der Waals surface area contributed by atoms with Gasteiger partial charge >= 0.3 is 6.18 Å². The zero-order chi connectivity index (χ0) is 20.2. The molecule has 0 amide bonds. The van der Waals surface area contributed by atoms with Crippen molar-refractivity contribution >= 4 is 10.9 Å². The minimum absolute atomic E-state index is 0.169. The van der Waals surface area contributed by atoms with Gasteiger partial charge in [0, 0.05) is 23.5 Å². The molecule has 0 aliphatic rings. The molecule has 0 aliphatic heterocycles. The lowest BCUT2D eigenvalue weighted by atomic mass is 10.0. The molecule has 0 saturated carbocycles. The van der Waals surface area contributed by atoms with E-state index in [1.54, 1.807) is 25.1 Å². The summed E-state index contributed by atoms with van der Waals surface area (Å²) in [5.74, 6) is -1.40. The first-order chi connectivity index (χ1) is 13.2. The molecular formula is C20H14F5N3. The predicted molar refractivity (Wildman–Crippen MR) is 95.6 cm³/mol. The molecule has 4 aromatic rings. The number of alkyl halides is 3. The SMILES string of the molecule is Cc1c(-c2c(F)cccc2F)[nH]c2ccc(-c3cc(C(F)(F)F)nn3C)cc12. The quantitative estimate of drug-likeness (QED) is 0.428. The molecule has 0 bridgehead atoms. The number of benzene rings is 2. The Balaban J connectivity index is 1.88. The highest BCUT2D eigenvalue weighted by Gasteiger charge is 2.34. The third-order valence-electron chi connectivity index (χ3n) is 4.74. The average molecular weight is 391 g/mol. The van der Waals surface area contributed by atoms with E-state index in [9.17, 15) is 22.0 Å². The standard InChI is InChI=1S/C20H14F5N3/c1-10-12-8-11(16-9-17(20(23,24)25)27-28(16)2)6-7-15(12)26-19(10)18-13(21)4-3-5-14(18)22/h3-9,26H,1-2H3. The molecule has 2 heterocycles. The second kappa shape index (κ2) is 6.19. The van der Waals surface area contributed by atoms with Crippen LogP contribution in [0.25, 0.3) is 33.4 Å². The number of rotatable bonds is 2. The molecule has 4 rings (SSSR count). The fraction of sp³-hybridized carbons (Fsp3) is 0.150. The molecule has 3 nitrogen and oxygen atoms in total. The van der Waals surface area contributed by atoms with Gasteiger partial charge in [-0.15, -0.1) is 0 Å². The summed E-state index contributed by atoms with van der Waals surface area (Å²) in [6.07, 6.45) is -4.54. The Hall–Kier alpha value is -3.16. The number of hydrogen-bond acceptors (Lipinski definition) is 1. The highest BCUT2D eigenvalue weighted by molar-refractivity contribution is 5.93. The van der Waals surface area contributed by atoms with Crippen molar-refractivity contribution in [2.45, 2.75) is 13.1 Å². The van der Waals surface area contributed by atoms with Crippen LogP contribution in [0.1, 0.15) is 11.3 Å². The van der Waals surface area contributed by atoms with Crippen LogP contribution in [0.2, 0.25) is 0 Å². The van der Waals surface area contributed by atoms with Crippen molar-refractivity contribution in [3.05, 3.63) is 65.4 Å². The molecule has 1 N–H and O–H groups in total. The molecule has 2 aromatic carbocycles. The third kappa shape index (κ3) is 2.85. The number of H-pyrrole nitrogens is 1. The van der Waals surface area contributed by atoms with Crippen LogP contribution >= 0.6 is 0 Å². The van der Waals surface area contributed by atoms with Crippen molar-refractivity contribution in [2.75, 3.05) is 0 Å². The Morgan fingerprint density at radius 2 is 1.68 bits per heavy atom. The first kappa shape index (κ1) is 18.2. The summed E-state index contributed by atoms with van der Waals surface area (Å²) in [4.78, 5) is 3.00. The van der Waals surface area contributed by atoms with E-state index in [0.29, 0.717) is 27.7 Å². The van der Waals surface area contributed by atoms with E-state index >= 15 is 0 Å². The highest BCUT2D eigenvalue weighted by Crippen LogP contribution is 2.36. The monoisotopic (exact) mass is 391 g/mol. The summed E-state index contributed by atoms with van der Waals surface area (Å²) in [6, 6.07) is 9.58. The number of hydrogen-bond donors (Lipinski definition) is 1. The minimum Gasteiger partial charge on any atom is -0.354 e. The molecule has 0 aliphatic carbocycles. The number of nitrogens with zero attached hydrogens (tertiary/aromatic N) is 2. The van der Waals surface area contributed by atoms with Gasteiger partial charge in [0.25, 0.3) is 0 Å². The normalized spacial score (nSPS) is 12.1. The van der Waals surface area contributed by atoms with Crippen LogP contribution in [-0.4, -0.2) is 14.8 Å². The Morgan fingerprint density at radius 3 is 2.29 bits per heavy atom. The minimum atomic E-state index is -4.54. The molecule has 28 heavy (non-hydrogen) atoms. The summed E-state index contributed by atoms with van der Waals surface area (Å²) in [7, 11) is 1.43. The number of fused-ring (bicyclic) bond motifs is 1. The molecule has 0 radical (unpaired) electrons. The Morgan fingerprint density at radius 1 is 1.00 bits per heavy atom. The van der Waals surface area contributed by atoms with Crippen molar-refractivity contribution in [3.63, 3.8) is 0 Å². The van der Waals surface area contributed by atoms with E-state index < -0.39 is 23.5 Å². The number of nitrogens with one attached hydrogen (secondary N) is 1. The zero-order valence-corrected chi connectivity index (χ0v) is 14.8. The summed E-state index contributed by atoms with van der Waals surface area (Å²) in [6.45, 7) is 1.70. The molecule has 0 spiro atoms. The maximum atomic E-state index is 14.2. The largest absolute Gasteiger partial charge is 0.435 e. The number of aromatic nitrogens is 3. The smallest absolute Gasteiger partial charge is 0.354 e. The Bertz CT molecular complexity index is 1180. The van der Waals surface area contributed by atoms with Crippen molar-refractivity contribution < 1.29 is 22.0 Å². The maximum Gasteiger partial charge on any atom is 0.435 e. The van der Waals surface area contributed by atoms with Crippen molar-refractivity contribution in [1.82, 2.24) is 14.8 Å². The average Bonchev–Trinajstić information content (AvgIpc) is 3.16. The number of aryl methyl sites for hydroxylation is 2. The molecule has 144 valence electrons. The lowest BCUT2D eigenvalue weighted by Gasteiger charge is -2.04. The fourth-order valence-electron chi connectivity index (χ4n) is 3.35. The fourth-order valence-corrected chi connectivity index (χ4v) is 3.35. The first-order valence-electron chi connectivity index (χ1n) is 8.35. The first-order valence-corrected chi connectivity index (χ1v) is 8.35. The molecule has 0 saturated heterocycles. The van der Waals surface area contributed by atoms with Gasteiger partial charge < -0.3 is 4.98 Å². The summed E-state index contributed by atoms with van der Waals surface area (Å²) in [5, 5.41) is 4.18. The van der Waals surface area contributed by atoms with Crippen LogP contribution in [0.15, 0.2) is 42.5 Å². The predicted octanol–water partition coefficient (Wildman–Crippen LogP) is 5.84. The van der Waals surface area contributed by atoms with Crippen LogP contribution in [0, 0.1) is 18.6 Å². The molecule has 0 unspecified atom stereocenters. The molecular weight excluding hydrogens is 377 g/mol. The van der Waals surface area contributed by atoms with E-state index in [2.05, 4.69) is 10.1 Å². The molecule has 0 atom stereocenters. The van der Waals surface area contributed by atoms with Gasteiger partial charge in [-0.25, -0.2) is 8.78 Å². The van der Waals surface area contributed by atoms with Gasteiger partial charge in [0.1, 0.15) is 11.6 Å². The van der Waals surface area contributed by atoms with Crippen molar-refractivity contribution in [1.29, 1.82) is 0 Å². The zero-order valence-electron chi connectivity index (χ0n) is 14.8. The Kier molecular flexibility index (Phi) is 4.02. The van der Waals surface area contributed by atoms with Gasteiger partial charge in [-0.2, -0.15) is 18.3 Å². The van der Waals surface area contributed by atoms with Gasteiger partial charge in [0.05, 0.1) is 17.0 Å². The van der Waals surface area contributed by atoms with E-state index in [1.165, 1.54) is 25.2 Å². The van der Waals surface area contributed by atoms with Crippen molar-refractivity contribution in [3.8, 4) is 22.5 Å². The van der Waals surface area contributed by atoms with Gasteiger partial charge in [0.15, 0.2) is 5.69 Å². The van der Waals surface area contributed by atoms with Gasteiger partial charge in [-0.1, -0.05) is 12.1 Å². The summed E-state index contributed by atoms with van der Waals surface area (Å²) < 4.78 is 68.3. The lowest BCUT2D eigenvalue weighted by Crippen LogP contribution is -2.06. The van der Waals surface area contributed by atoms with Crippen LogP contribution in [0.3, 0.4) is 0 Å². The highest BCUT2D eigenvalue weighted by atomic mass is 19.4. The van der Waals surface area contributed by atoms with E-state index in [0.717, 1.165) is 10.7 Å². The summed E-state index contributed by atoms with van der Waals surface area (Å²) in [5.41, 5.74) is 1.16. The molecule has 0 fully saturated rings. The van der Waals surface area contributed by atoms with E-state index in [-0.39, 0.29) is 11.3 Å². The van der Waals surface area contributed by atoms with E-state index in [4.69, 9.17) is 0 Å². The van der Waals surface area contributed by atoms with E-state index in [1.807, 2.05) is 0 Å². The lowest BCUT2D eigenvalue weighted by molar-refractivity contribution is -0.141.